The van der Waals surface area contributed by atoms with Crippen LogP contribution in [-0.2, 0) is 6.54 Å². The molecule has 0 unspecified atom stereocenters. The molecule has 0 saturated carbocycles. The quantitative estimate of drug-likeness (QED) is 0.832. The number of rotatable bonds is 2. The first-order chi connectivity index (χ1) is 8.70. The summed E-state index contributed by atoms with van der Waals surface area (Å²) in [5, 5.41) is 1.68. The molecule has 92 valence electrons. The Kier molecular flexibility index (Phi) is 3.92. The zero-order valence-corrected chi connectivity index (χ0v) is 10.3. The Balaban J connectivity index is 2.25. The highest BCUT2D eigenvalue weighted by atomic mass is 32.1. The molecule has 3 nitrogen and oxygen atoms in total. The maximum atomic E-state index is 13.8. The van der Waals surface area contributed by atoms with Gasteiger partial charge in [0.2, 0.25) is 0 Å². The summed E-state index contributed by atoms with van der Waals surface area (Å²) in [6, 6.07) is 4.72. The summed E-state index contributed by atoms with van der Waals surface area (Å²) in [4.78, 5) is 11.3. The first-order valence-corrected chi connectivity index (χ1v) is 6.20. The third kappa shape index (κ3) is 2.86. The fourth-order valence-corrected chi connectivity index (χ4v) is 2.08. The van der Waals surface area contributed by atoms with Gasteiger partial charge in [0.1, 0.15) is 5.82 Å². The predicted molar refractivity (Wildman–Crippen MR) is 70.0 cm³/mol. The van der Waals surface area contributed by atoms with E-state index in [2.05, 4.69) is 11.8 Å². The van der Waals surface area contributed by atoms with Crippen LogP contribution in [-0.4, -0.2) is 11.1 Å². The van der Waals surface area contributed by atoms with Gasteiger partial charge in [0.05, 0.1) is 13.1 Å². The van der Waals surface area contributed by atoms with E-state index < -0.39 is 0 Å². The summed E-state index contributed by atoms with van der Waals surface area (Å²) >= 11 is 1.09. The smallest absolute Gasteiger partial charge is 0.307 e. The van der Waals surface area contributed by atoms with E-state index >= 15 is 0 Å². The second-order valence-corrected chi connectivity index (χ2v) is 4.47. The van der Waals surface area contributed by atoms with Crippen molar-refractivity contribution in [2.75, 3.05) is 6.54 Å². The van der Waals surface area contributed by atoms with Gasteiger partial charge in [0.25, 0.3) is 0 Å². The van der Waals surface area contributed by atoms with Gasteiger partial charge in [-0.25, -0.2) is 4.39 Å². The molecular formula is C13H11FN2OS. The molecule has 1 aromatic heterocycles. The zero-order valence-electron chi connectivity index (χ0n) is 9.52. The minimum Gasteiger partial charge on any atom is -0.320 e. The highest BCUT2D eigenvalue weighted by Gasteiger charge is 2.05. The Morgan fingerprint density at radius 3 is 2.89 bits per heavy atom. The van der Waals surface area contributed by atoms with E-state index in [0.29, 0.717) is 11.1 Å². The van der Waals surface area contributed by atoms with Crippen molar-refractivity contribution in [2.24, 2.45) is 5.73 Å². The Morgan fingerprint density at radius 2 is 2.28 bits per heavy atom. The molecule has 18 heavy (non-hydrogen) atoms. The van der Waals surface area contributed by atoms with Gasteiger partial charge < -0.3 is 10.3 Å². The molecule has 0 spiro atoms. The van der Waals surface area contributed by atoms with Crippen molar-refractivity contribution in [2.45, 2.75) is 6.54 Å². The van der Waals surface area contributed by atoms with Crippen LogP contribution in [0.3, 0.4) is 0 Å². The van der Waals surface area contributed by atoms with Crippen molar-refractivity contribution in [3.8, 4) is 11.8 Å². The molecule has 0 atom stereocenters. The molecule has 1 aromatic carbocycles. The lowest BCUT2D eigenvalue weighted by molar-refractivity contribution is 0.598. The standard InChI is InChI=1S/C13H11FN2OS/c14-12-8-10(2-1-5-15)3-4-11(12)9-16-6-7-18-13(16)17/h3-4,6-8H,5,9,15H2. The molecule has 2 N–H and O–H groups in total. The number of nitrogens with two attached hydrogens (primary N) is 1. The van der Waals surface area contributed by atoms with Crippen molar-refractivity contribution in [1.29, 1.82) is 0 Å². The summed E-state index contributed by atoms with van der Waals surface area (Å²) in [6.45, 7) is 0.479. The average molecular weight is 262 g/mol. The number of nitrogens with zero attached hydrogens (tertiary/aromatic N) is 1. The van der Waals surface area contributed by atoms with Gasteiger partial charge in [0.15, 0.2) is 0 Å². The lowest BCUT2D eigenvalue weighted by Gasteiger charge is -2.04. The monoisotopic (exact) mass is 262 g/mol. The Hall–Kier alpha value is -1.90. The van der Waals surface area contributed by atoms with Crippen LogP contribution in [0, 0.1) is 17.7 Å². The van der Waals surface area contributed by atoms with Gasteiger partial charge in [-0.2, -0.15) is 0 Å². The van der Waals surface area contributed by atoms with Crippen molar-refractivity contribution >= 4 is 11.3 Å². The van der Waals surface area contributed by atoms with E-state index in [4.69, 9.17) is 5.73 Å². The van der Waals surface area contributed by atoms with Crippen LogP contribution in [0.15, 0.2) is 34.6 Å². The number of hydrogen-bond acceptors (Lipinski definition) is 3. The van der Waals surface area contributed by atoms with Crippen molar-refractivity contribution in [3.63, 3.8) is 0 Å². The lowest BCUT2D eigenvalue weighted by Crippen LogP contribution is -2.13. The summed E-state index contributed by atoms with van der Waals surface area (Å²) in [6.07, 6.45) is 1.65. The van der Waals surface area contributed by atoms with Crippen molar-refractivity contribution in [1.82, 2.24) is 4.57 Å². The maximum absolute atomic E-state index is 13.8. The summed E-state index contributed by atoms with van der Waals surface area (Å²) in [7, 11) is 0. The number of benzene rings is 1. The van der Waals surface area contributed by atoms with E-state index in [1.54, 1.807) is 23.7 Å². The van der Waals surface area contributed by atoms with Gasteiger partial charge in [0, 0.05) is 22.7 Å². The van der Waals surface area contributed by atoms with Gasteiger partial charge in [-0.15, -0.1) is 0 Å². The van der Waals surface area contributed by atoms with E-state index in [0.717, 1.165) is 11.3 Å². The minimum atomic E-state index is -0.364. The number of halogens is 1. The van der Waals surface area contributed by atoms with E-state index in [1.807, 2.05) is 0 Å². The maximum Gasteiger partial charge on any atom is 0.307 e. The fraction of sp³-hybridized carbons (Fsp3) is 0.154. The molecule has 5 heteroatoms. The van der Waals surface area contributed by atoms with E-state index in [9.17, 15) is 9.18 Å². The van der Waals surface area contributed by atoms with Crippen LogP contribution >= 0.6 is 11.3 Å². The highest BCUT2D eigenvalue weighted by Crippen LogP contribution is 2.11. The number of aromatic nitrogens is 1. The second-order valence-electron chi connectivity index (χ2n) is 3.61. The number of hydrogen-bond donors (Lipinski definition) is 1. The average Bonchev–Trinajstić information content (AvgIpc) is 2.75. The van der Waals surface area contributed by atoms with Crippen LogP contribution in [0.4, 0.5) is 4.39 Å². The van der Waals surface area contributed by atoms with E-state index in [1.165, 1.54) is 10.6 Å². The molecule has 0 aliphatic carbocycles. The van der Waals surface area contributed by atoms with Gasteiger partial charge in [-0.3, -0.25) is 4.79 Å². The Bertz CT molecular complexity index is 663. The van der Waals surface area contributed by atoms with Gasteiger partial charge >= 0.3 is 4.87 Å². The lowest BCUT2D eigenvalue weighted by atomic mass is 10.1. The Labute approximate surface area is 108 Å². The highest BCUT2D eigenvalue weighted by molar-refractivity contribution is 7.07. The topological polar surface area (TPSA) is 48.0 Å². The first kappa shape index (κ1) is 12.6. The molecule has 1 heterocycles. The molecule has 0 radical (unpaired) electrons. The van der Waals surface area contributed by atoms with Gasteiger partial charge in [-0.05, 0) is 12.1 Å². The van der Waals surface area contributed by atoms with Crippen LogP contribution in [0.25, 0.3) is 0 Å². The van der Waals surface area contributed by atoms with E-state index in [-0.39, 0.29) is 23.8 Å². The summed E-state index contributed by atoms with van der Waals surface area (Å²) < 4.78 is 15.3. The summed E-state index contributed by atoms with van der Waals surface area (Å²) in [5.41, 5.74) is 6.30. The largest absolute Gasteiger partial charge is 0.320 e. The number of thiazole rings is 1. The third-order valence-corrected chi connectivity index (χ3v) is 3.07. The predicted octanol–water partition coefficient (Wildman–Crippen LogP) is 1.41. The zero-order chi connectivity index (χ0) is 13.0. The Morgan fingerprint density at radius 1 is 1.44 bits per heavy atom. The van der Waals surface area contributed by atoms with Crippen molar-refractivity contribution < 1.29 is 4.39 Å². The molecule has 0 saturated heterocycles. The molecule has 0 amide bonds. The van der Waals surface area contributed by atoms with Crippen LogP contribution in [0.1, 0.15) is 11.1 Å². The molecule has 0 fully saturated rings. The molecule has 0 aliphatic rings. The first-order valence-electron chi connectivity index (χ1n) is 5.32. The third-order valence-electron chi connectivity index (χ3n) is 2.37. The molecular weight excluding hydrogens is 251 g/mol. The molecule has 0 bridgehead atoms. The minimum absolute atomic E-state index is 0.0959. The van der Waals surface area contributed by atoms with Gasteiger partial charge in [-0.1, -0.05) is 29.2 Å². The van der Waals surface area contributed by atoms with Crippen LogP contribution < -0.4 is 10.6 Å². The summed E-state index contributed by atoms with van der Waals surface area (Å²) in [5.74, 6) is 5.06. The SMILES string of the molecule is NCC#Cc1ccc(Cn2ccsc2=O)c(F)c1. The molecule has 0 aliphatic heterocycles. The van der Waals surface area contributed by atoms with Crippen LogP contribution in [0.2, 0.25) is 0 Å². The normalized spacial score (nSPS) is 9.89. The van der Waals surface area contributed by atoms with Crippen molar-refractivity contribution in [3.05, 3.63) is 56.4 Å². The molecule has 2 rings (SSSR count). The molecule has 2 aromatic rings. The van der Waals surface area contributed by atoms with Crippen LogP contribution in [0.5, 0.6) is 0 Å². The fourth-order valence-electron chi connectivity index (χ4n) is 1.50. The second kappa shape index (κ2) is 5.63.